The Bertz CT molecular complexity index is 811. The molecule has 0 aliphatic rings. The molecule has 2 rings (SSSR count). The van der Waals surface area contributed by atoms with Crippen LogP contribution in [-0.2, 0) is 4.79 Å². The maximum absolute atomic E-state index is 12.2. The smallest absolute Gasteiger partial charge is 0.251 e. The van der Waals surface area contributed by atoms with Crippen LogP contribution in [0.5, 0.6) is 0 Å². The topological polar surface area (TPSA) is 70.2 Å². The molecule has 3 N–H and O–H groups in total. The van der Waals surface area contributed by atoms with Crippen molar-refractivity contribution < 1.29 is 9.59 Å². The van der Waals surface area contributed by atoms with Crippen molar-refractivity contribution in [2.75, 3.05) is 17.2 Å². The Labute approximate surface area is 161 Å². The third-order valence-corrected chi connectivity index (χ3v) is 4.02. The Kier molecular flexibility index (Phi) is 6.26. The van der Waals surface area contributed by atoms with Gasteiger partial charge in [0, 0.05) is 22.5 Å². The first-order valence-corrected chi connectivity index (χ1v) is 9.09. The molecule has 2 amide bonds. The van der Waals surface area contributed by atoms with Crippen LogP contribution in [0.15, 0.2) is 36.4 Å². The number of amides is 2. The Hall–Kier alpha value is -2.82. The zero-order chi connectivity index (χ0) is 20.2. The fourth-order valence-corrected chi connectivity index (χ4v) is 2.95. The predicted molar refractivity (Wildman–Crippen MR) is 111 cm³/mol. The number of nitrogens with one attached hydrogen (secondary N) is 3. The second-order valence-electron chi connectivity index (χ2n) is 7.96. The van der Waals surface area contributed by atoms with E-state index in [1.165, 1.54) is 5.56 Å². The van der Waals surface area contributed by atoms with Crippen LogP contribution >= 0.6 is 0 Å². The third kappa shape index (κ3) is 6.13. The van der Waals surface area contributed by atoms with E-state index in [4.69, 9.17) is 0 Å². The molecule has 0 heterocycles. The number of benzene rings is 2. The molecule has 5 nitrogen and oxygen atoms in total. The van der Waals surface area contributed by atoms with Gasteiger partial charge in [0.25, 0.3) is 5.91 Å². The zero-order valence-electron chi connectivity index (χ0n) is 17.0. The van der Waals surface area contributed by atoms with Crippen LogP contribution in [-0.4, -0.2) is 23.9 Å². The summed E-state index contributed by atoms with van der Waals surface area (Å²) in [6.07, 6.45) is 0. The van der Waals surface area contributed by atoms with E-state index in [1.54, 1.807) is 24.3 Å². The number of carbonyl (C=O) groups is 2. The van der Waals surface area contributed by atoms with Gasteiger partial charge >= 0.3 is 0 Å². The molecule has 0 fully saturated rings. The second-order valence-corrected chi connectivity index (χ2v) is 7.96. The number of hydrogen-bond donors (Lipinski definition) is 3. The van der Waals surface area contributed by atoms with E-state index in [0.29, 0.717) is 11.3 Å². The van der Waals surface area contributed by atoms with Crippen molar-refractivity contribution in [3.63, 3.8) is 0 Å². The number of carbonyl (C=O) groups excluding carboxylic acids is 2. The van der Waals surface area contributed by atoms with Gasteiger partial charge in [0.15, 0.2) is 0 Å². The first kappa shape index (κ1) is 20.5. The van der Waals surface area contributed by atoms with E-state index in [1.807, 2.05) is 34.6 Å². The lowest BCUT2D eigenvalue weighted by Crippen LogP contribution is -2.40. The molecular formula is C22H29N3O2. The van der Waals surface area contributed by atoms with E-state index in [-0.39, 0.29) is 23.9 Å². The molecule has 0 atom stereocenters. The number of hydrogen-bond acceptors (Lipinski definition) is 3. The Morgan fingerprint density at radius 2 is 1.48 bits per heavy atom. The molecule has 0 saturated heterocycles. The monoisotopic (exact) mass is 367 g/mol. The largest absolute Gasteiger partial charge is 0.376 e. The Morgan fingerprint density at radius 1 is 0.926 bits per heavy atom. The molecule has 0 aromatic heterocycles. The van der Waals surface area contributed by atoms with E-state index in [0.717, 1.165) is 16.8 Å². The van der Waals surface area contributed by atoms with E-state index in [9.17, 15) is 9.59 Å². The highest BCUT2D eigenvalue weighted by Crippen LogP contribution is 2.21. The maximum atomic E-state index is 12.2. The van der Waals surface area contributed by atoms with Crippen LogP contribution < -0.4 is 16.0 Å². The molecule has 0 bridgehead atoms. The van der Waals surface area contributed by atoms with Gasteiger partial charge in [0.1, 0.15) is 0 Å². The standard InChI is InChI=1S/C22H29N3O2/c1-14-11-15(2)20(16(3)12-14)23-13-19(26)24-18-9-7-17(8-10-18)21(27)25-22(4,5)6/h7-12,23H,13H2,1-6H3,(H,24,26)(H,25,27). The van der Waals surface area contributed by atoms with Crippen molar-refractivity contribution in [1.82, 2.24) is 5.32 Å². The minimum atomic E-state index is -0.290. The highest BCUT2D eigenvalue weighted by molar-refractivity contribution is 5.97. The minimum Gasteiger partial charge on any atom is -0.376 e. The summed E-state index contributed by atoms with van der Waals surface area (Å²) < 4.78 is 0. The van der Waals surface area contributed by atoms with Gasteiger partial charge in [0.2, 0.25) is 5.91 Å². The molecule has 0 aliphatic heterocycles. The number of aryl methyl sites for hydroxylation is 3. The van der Waals surface area contributed by atoms with Crippen molar-refractivity contribution in [2.45, 2.75) is 47.1 Å². The van der Waals surface area contributed by atoms with Gasteiger partial charge in [-0.05, 0) is 76.9 Å². The number of rotatable bonds is 5. The lowest BCUT2D eigenvalue weighted by Gasteiger charge is -2.20. The Morgan fingerprint density at radius 3 is 2.00 bits per heavy atom. The molecule has 2 aromatic carbocycles. The molecule has 144 valence electrons. The fourth-order valence-electron chi connectivity index (χ4n) is 2.95. The van der Waals surface area contributed by atoms with Crippen molar-refractivity contribution in [3.05, 3.63) is 58.7 Å². The van der Waals surface area contributed by atoms with E-state index in [2.05, 4.69) is 35.0 Å². The van der Waals surface area contributed by atoms with Gasteiger partial charge in [0.05, 0.1) is 6.54 Å². The van der Waals surface area contributed by atoms with Gasteiger partial charge in [-0.25, -0.2) is 0 Å². The summed E-state index contributed by atoms with van der Waals surface area (Å²) in [4.78, 5) is 24.4. The van der Waals surface area contributed by atoms with Crippen molar-refractivity contribution in [1.29, 1.82) is 0 Å². The normalized spacial score (nSPS) is 11.0. The van der Waals surface area contributed by atoms with Gasteiger partial charge in [-0.1, -0.05) is 17.7 Å². The lowest BCUT2D eigenvalue weighted by molar-refractivity contribution is -0.114. The molecule has 2 aromatic rings. The van der Waals surface area contributed by atoms with E-state index >= 15 is 0 Å². The van der Waals surface area contributed by atoms with Crippen molar-refractivity contribution >= 4 is 23.2 Å². The summed E-state index contributed by atoms with van der Waals surface area (Å²) in [6.45, 7) is 12.1. The summed E-state index contributed by atoms with van der Waals surface area (Å²) in [5, 5.41) is 8.96. The summed E-state index contributed by atoms with van der Waals surface area (Å²) >= 11 is 0. The summed E-state index contributed by atoms with van der Waals surface area (Å²) in [7, 11) is 0. The second kappa shape index (κ2) is 8.25. The van der Waals surface area contributed by atoms with E-state index < -0.39 is 0 Å². The number of anilines is 2. The summed E-state index contributed by atoms with van der Waals surface area (Å²) in [5.74, 6) is -0.270. The van der Waals surface area contributed by atoms with Gasteiger partial charge in [-0.15, -0.1) is 0 Å². The lowest BCUT2D eigenvalue weighted by atomic mass is 10.1. The van der Waals surface area contributed by atoms with Gasteiger partial charge in [-0.2, -0.15) is 0 Å². The average molecular weight is 367 g/mol. The minimum absolute atomic E-state index is 0.132. The summed E-state index contributed by atoms with van der Waals surface area (Å²) in [5.41, 5.74) is 5.37. The first-order chi connectivity index (χ1) is 12.5. The van der Waals surface area contributed by atoms with Crippen LogP contribution in [0.1, 0.15) is 47.8 Å². The average Bonchev–Trinajstić information content (AvgIpc) is 2.52. The molecule has 5 heteroatoms. The van der Waals surface area contributed by atoms with Crippen LogP contribution in [0.4, 0.5) is 11.4 Å². The maximum Gasteiger partial charge on any atom is 0.251 e. The summed E-state index contributed by atoms with van der Waals surface area (Å²) in [6, 6.07) is 11.1. The highest BCUT2D eigenvalue weighted by atomic mass is 16.2. The SMILES string of the molecule is Cc1cc(C)c(NCC(=O)Nc2ccc(C(=O)NC(C)(C)C)cc2)c(C)c1. The quantitative estimate of drug-likeness (QED) is 0.742. The van der Waals surface area contributed by atoms with Gasteiger partial charge in [-0.3, -0.25) is 9.59 Å². The van der Waals surface area contributed by atoms with Crippen LogP contribution in [0.2, 0.25) is 0 Å². The van der Waals surface area contributed by atoms with Gasteiger partial charge < -0.3 is 16.0 Å². The molecule has 0 aliphatic carbocycles. The van der Waals surface area contributed by atoms with Crippen LogP contribution in [0.3, 0.4) is 0 Å². The fraction of sp³-hybridized carbons (Fsp3) is 0.364. The van der Waals surface area contributed by atoms with Crippen LogP contribution in [0.25, 0.3) is 0 Å². The first-order valence-electron chi connectivity index (χ1n) is 9.09. The molecule has 0 unspecified atom stereocenters. The van der Waals surface area contributed by atoms with Crippen LogP contribution in [0, 0.1) is 20.8 Å². The highest BCUT2D eigenvalue weighted by Gasteiger charge is 2.15. The Balaban J connectivity index is 1.94. The molecule has 0 saturated carbocycles. The zero-order valence-corrected chi connectivity index (χ0v) is 17.0. The molecule has 0 radical (unpaired) electrons. The van der Waals surface area contributed by atoms with Crippen molar-refractivity contribution in [3.8, 4) is 0 Å². The predicted octanol–water partition coefficient (Wildman–Crippen LogP) is 4.19. The molecule has 27 heavy (non-hydrogen) atoms. The molecule has 0 spiro atoms. The molecular weight excluding hydrogens is 338 g/mol. The van der Waals surface area contributed by atoms with Crippen molar-refractivity contribution in [2.24, 2.45) is 0 Å². The third-order valence-electron chi connectivity index (χ3n) is 4.02.